The Bertz CT molecular complexity index is 528. The molecule has 1 rings (SSSR count). The van der Waals surface area contributed by atoms with Gasteiger partial charge in [0.1, 0.15) is 11.8 Å². The van der Waals surface area contributed by atoms with Crippen LogP contribution in [0.25, 0.3) is 0 Å². The highest BCUT2D eigenvalue weighted by molar-refractivity contribution is 14.1. The summed E-state index contributed by atoms with van der Waals surface area (Å²) in [6.45, 7) is 1.80. The van der Waals surface area contributed by atoms with Gasteiger partial charge in [0.05, 0.1) is 12.7 Å². The average Bonchev–Trinajstić information content (AvgIpc) is 2.42. The summed E-state index contributed by atoms with van der Waals surface area (Å²) in [4.78, 5) is 23.2. The van der Waals surface area contributed by atoms with Crippen molar-refractivity contribution in [2.75, 3.05) is 7.11 Å². The van der Waals surface area contributed by atoms with E-state index in [0.29, 0.717) is 14.9 Å². The fourth-order valence-corrected chi connectivity index (χ4v) is 2.27. The maximum atomic E-state index is 12.1. The smallest absolute Gasteiger partial charge is 0.326 e. The molecule has 108 valence electrons. The summed E-state index contributed by atoms with van der Waals surface area (Å²) in [5, 5.41) is 11.6. The number of hydrogen-bond donors (Lipinski definition) is 2. The number of amides is 1. The van der Waals surface area contributed by atoms with E-state index in [2.05, 4.69) is 5.32 Å². The molecule has 0 aliphatic heterocycles. The van der Waals surface area contributed by atoms with Gasteiger partial charge in [0.15, 0.2) is 0 Å². The molecule has 5 nitrogen and oxygen atoms in total. The molecule has 1 atom stereocenters. The van der Waals surface area contributed by atoms with Gasteiger partial charge in [-0.15, -0.1) is 0 Å². The van der Waals surface area contributed by atoms with E-state index in [0.717, 1.165) is 0 Å². The van der Waals surface area contributed by atoms with Crippen molar-refractivity contribution in [1.82, 2.24) is 5.32 Å². The summed E-state index contributed by atoms with van der Waals surface area (Å²) in [7, 11) is 1.54. The fourth-order valence-electron chi connectivity index (χ4n) is 1.54. The van der Waals surface area contributed by atoms with E-state index in [9.17, 15) is 9.59 Å². The summed E-state index contributed by atoms with van der Waals surface area (Å²) in [6.07, 6.45) is 3.71. The Kier molecular flexibility index (Phi) is 6.50. The topological polar surface area (TPSA) is 75.6 Å². The van der Waals surface area contributed by atoms with Crippen molar-refractivity contribution < 1.29 is 19.4 Å². The van der Waals surface area contributed by atoms with E-state index in [4.69, 9.17) is 9.84 Å². The molecule has 0 bridgehead atoms. The van der Waals surface area contributed by atoms with Gasteiger partial charge < -0.3 is 15.2 Å². The third-order valence-corrected chi connectivity index (χ3v) is 3.52. The summed E-state index contributed by atoms with van der Waals surface area (Å²) >= 11 is 2.02. The lowest BCUT2D eigenvalue weighted by Crippen LogP contribution is -2.40. The molecule has 0 saturated carbocycles. The Hall–Kier alpha value is -1.57. The molecule has 0 spiro atoms. The second-order valence-electron chi connectivity index (χ2n) is 4.01. The fraction of sp³-hybridized carbons (Fsp3) is 0.286. The van der Waals surface area contributed by atoms with Crippen LogP contribution < -0.4 is 10.1 Å². The van der Waals surface area contributed by atoms with Gasteiger partial charge in [0, 0.05) is 3.57 Å². The Labute approximate surface area is 131 Å². The van der Waals surface area contributed by atoms with Crippen LogP contribution in [0.1, 0.15) is 23.7 Å². The van der Waals surface area contributed by atoms with E-state index in [1.807, 2.05) is 22.6 Å². The lowest BCUT2D eigenvalue weighted by atomic mass is 10.1. The molecule has 0 aliphatic rings. The third-order valence-electron chi connectivity index (χ3n) is 2.63. The summed E-state index contributed by atoms with van der Waals surface area (Å²) < 4.78 is 5.77. The molecule has 0 fully saturated rings. The van der Waals surface area contributed by atoms with Gasteiger partial charge >= 0.3 is 5.97 Å². The van der Waals surface area contributed by atoms with E-state index < -0.39 is 17.9 Å². The van der Waals surface area contributed by atoms with Crippen molar-refractivity contribution in [3.63, 3.8) is 0 Å². The monoisotopic (exact) mass is 389 g/mol. The van der Waals surface area contributed by atoms with E-state index in [1.54, 1.807) is 44.4 Å². The number of carbonyl (C=O) groups excluding carboxylic acids is 1. The largest absolute Gasteiger partial charge is 0.497 e. The highest BCUT2D eigenvalue weighted by Crippen LogP contribution is 2.19. The van der Waals surface area contributed by atoms with Crippen molar-refractivity contribution in [3.05, 3.63) is 39.5 Å². The normalized spacial score (nSPS) is 12.2. The minimum atomic E-state index is -1.06. The van der Waals surface area contributed by atoms with E-state index in [-0.39, 0.29) is 6.42 Å². The quantitative estimate of drug-likeness (QED) is 0.579. The number of carbonyl (C=O) groups is 2. The Balaban J connectivity index is 2.86. The van der Waals surface area contributed by atoms with Gasteiger partial charge in [-0.25, -0.2) is 4.79 Å². The standard InChI is InChI=1S/C14H16INO4/c1-3-4-5-12(14(18)19)16-13(17)10-7-6-9(20-2)8-11(10)15/h3-4,6-8,12H,5H2,1-2H3,(H,16,17)(H,18,19)/b4-3+. The Morgan fingerprint density at radius 2 is 2.20 bits per heavy atom. The zero-order valence-corrected chi connectivity index (χ0v) is 13.4. The molecule has 20 heavy (non-hydrogen) atoms. The predicted octanol–water partition coefficient (Wildman–Crippen LogP) is 2.45. The molecular formula is C14H16INO4. The van der Waals surface area contributed by atoms with Crippen LogP contribution in [-0.2, 0) is 4.79 Å². The molecule has 0 aromatic heterocycles. The van der Waals surface area contributed by atoms with Crippen molar-refractivity contribution in [2.45, 2.75) is 19.4 Å². The van der Waals surface area contributed by atoms with Crippen LogP contribution in [-0.4, -0.2) is 30.1 Å². The first-order chi connectivity index (χ1) is 9.49. The van der Waals surface area contributed by atoms with Crippen molar-refractivity contribution in [1.29, 1.82) is 0 Å². The van der Waals surface area contributed by atoms with Crippen LogP contribution in [0.4, 0.5) is 0 Å². The summed E-state index contributed by atoms with van der Waals surface area (Å²) in [5.41, 5.74) is 0.429. The first-order valence-electron chi connectivity index (χ1n) is 5.98. The van der Waals surface area contributed by atoms with Crippen LogP contribution in [0.2, 0.25) is 0 Å². The first-order valence-corrected chi connectivity index (χ1v) is 7.05. The maximum absolute atomic E-state index is 12.1. The predicted molar refractivity (Wildman–Crippen MR) is 84.0 cm³/mol. The van der Waals surface area contributed by atoms with Gasteiger partial charge in [-0.2, -0.15) is 0 Å². The van der Waals surface area contributed by atoms with Gasteiger partial charge in [-0.05, 0) is 54.1 Å². The van der Waals surface area contributed by atoms with Gasteiger partial charge in [0.2, 0.25) is 0 Å². The van der Waals surface area contributed by atoms with Crippen LogP contribution in [0, 0.1) is 3.57 Å². The molecule has 0 aliphatic carbocycles. The number of halogens is 1. The van der Waals surface area contributed by atoms with Crippen molar-refractivity contribution >= 4 is 34.5 Å². The number of methoxy groups -OCH3 is 1. The molecule has 1 aromatic carbocycles. The maximum Gasteiger partial charge on any atom is 0.326 e. The van der Waals surface area contributed by atoms with Crippen LogP contribution in [0.15, 0.2) is 30.4 Å². The van der Waals surface area contributed by atoms with Crippen molar-refractivity contribution in [3.8, 4) is 5.75 Å². The van der Waals surface area contributed by atoms with Crippen LogP contribution in [0.3, 0.4) is 0 Å². The minimum absolute atomic E-state index is 0.254. The second-order valence-corrected chi connectivity index (χ2v) is 5.18. The number of hydrogen-bond acceptors (Lipinski definition) is 3. The lowest BCUT2D eigenvalue weighted by Gasteiger charge is -2.13. The number of carboxylic acid groups (broad SMARTS) is 1. The number of aliphatic carboxylic acids is 1. The van der Waals surface area contributed by atoms with Crippen LogP contribution in [0.5, 0.6) is 5.75 Å². The van der Waals surface area contributed by atoms with Gasteiger partial charge in [0.25, 0.3) is 5.91 Å². The number of rotatable bonds is 6. The van der Waals surface area contributed by atoms with Gasteiger partial charge in [-0.1, -0.05) is 12.2 Å². The van der Waals surface area contributed by atoms with Crippen LogP contribution >= 0.6 is 22.6 Å². The number of benzene rings is 1. The Morgan fingerprint density at radius 1 is 1.50 bits per heavy atom. The first kappa shape index (κ1) is 16.5. The molecule has 0 radical (unpaired) electrons. The highest BCUT2D eigenvalue weighted by atomic mass is 127. The molecule has 0 saturated heterocycles. The second kappa shape index (κ2) is 7.88. The van der Waals surface area contributed by atoms with Gasteiger partial charge in [-0.3, -0.25) is 4.79 Å². The summed E-state index contributed by atoms with van der Waals surface area (Å²) in [5.74, 6) is -0.816. The average molecular weight is 389 g/mol. The molecule has 2 N–H and O–H groups in total. The lowest BCUT2D eigenvalue weighted by molar-refractivity contribution is -0.139. The summed E-state index contributed by atoms with van der Waals surface area (Å²) in [6, 6.07) is 4.07. The molecule has 1 unspecified atom stereocenters. The molecular weight excluding hydrogens is 373 g/mol. The zero-order chi connectivity index (χ0) is 15.1. The van der Waals surface area contributed by atoms with E-state index >= 15 is 0 Å². The zero-order valence-electron chi connectivity index (χ0n) is 11.2. The number of nitrogens with one attached hydrogen (secondary N) is 1. The SMILES string of the molecule is C/C=C/CC(NC(=O)c1ccc(OC)cc1I)C(=O)O. The third kappa shape index (κ3) is 4.52. The molecule has 1 amide bonds. The molecule has 1 aromatic rings. The van der Waals surface area contributed by atoms with Crippen molar-refractivity contribution in [2.24, 2.45) is 0 Å². The number of allylic oxidation sites excluding steroid dienone is 1. The minimum Gasteiger partial charge on any atom is -0.497 e. The molecule has 0 heterocycles. The van der Waals surface area contributed by atoms with E-state index in [1.165, 1.54) is 0 Å². The Morgan fingerprint density at radius 3 is 2.70 bits per heavy atom. The number of carboxylic acids is 1. The number of ether oxygens (including phenoxy) is 1. The molecule has 6 heteroatoms. The highest BCUT2D eigenvalue weighted by Gasteiger charge is 2.20.